The van der Waals surface area contributed by atoms with Crippen LogP contribution in [0.5, 0.6) is 11.5 Å². The van der Waals surface area contributed by atoms with E-state index in [2.05, 4.69) is 16.2 Å². The van der Waals surface area contributed by atoms with Gasteiger partial charge in [0.1, 0.15) is 6.61 Å². The Bertz CT molecular complexity index is 705. The highest BCUT2D eigenvalue weighted by molar-refractivity contribution is 5.91. The molecule has 118 valence electrons. The molecule has 3 N–H and O–H groups in total. The average Bonchev–Trinajstić information content (AvgIpc) is 2.60. The number of hydrazine groups is 1. The lowest BCUT2D eigenvalue weighted by Gasteiger charge is -2.25. The second-order valence-electron chi connectivity index (χ2n) is 4.80. The summed E-state index contributed by atoms with van der Waals surface area (Å²) in [5.41, 5.74) is 5.18. The molecule has 1 aliphatic heterocycles. The number of para-hydroxylation sites is 3. The molecule has 2 aromatic rings. The molecule has 7 nitrogen and oxygen atoms in total. The highest BCUT2D eigenvalue weighted by Crippen LogP contribution is 2.30. The maximum Gasteiger partial charge on any atom is 0.337 e. The number of fused-ring (bicyclic) bond motifs is 1. The minimum Gasteiger partial charge on any atom is -0.485 e. The molecule has 3 rings (SSSR count). The molecule has 0 aliphatic carbocycles. The van der Waals surface area contributed by atoms with E-state index in [0.29, 0.717) is 17.2 Å². The predicted octanol–water partition coefficient (Wildman–Crippen LogP) is 1.68. The number of hydrogen-bond donors (Lipinski definition) is 3. The van der Waals surface area contributed by atoms with Gasteiger partial charge in [0.25, 0.3) is 5.91 Å². The molecule has 23 heavy (non-hydrogen) atoms. The van der Waals surface area contributed by atoms with Crippen LogP contribution in [0.3, 0.4) is 0 Å². The van der Waals surface area contributed by atoms with E-state index in [1.165, 1.54) is 0 Å². The Labute approximate surface area is 132 Å². The first kappa shape index (κ1) is 14.7. The molecule has 1 atom stereocenters. The number of ether oxygens (including phenoxy) is 2. The number of anilines is 1. The van der Waals surface area contributed by atoms with Gasteiger partial charge in [-0.1, -0.05) is 30.3 Å². The van der Waals surface area contributed by atoms with Gasteiger partial charge in [0.15, 0.2) is 11.5 Å². The van der Waals surface area contributed by atoms with Crippen LogP contribution in [0.1, 0.15) is 0 Å². The Kier molecular flexibility index (Phi) is 4.28. The SMILES string of the molecule is O=C(NNC(=O)C1COc2ccccc2O1)Nc1ccccc1. The predicted molar refractivity (Wildman–Crippen MR) is 83.1 cm³/mol. The average molecular weight is 313 g/mol. The number of benzene rings is 2. The van der Waals surface area contributed by atoms with Gasteiger partial charge in [-0.05, 0) is 24.3 Å². The molecular formula is C16H15N3O4. The van der Waals surface area contributed by atoms with E-state index < -0.39 is 18.0 Å². The van der Waals surface area contributed by atoms with Crippen molar-refractivity contribution in [3.63, 3.8) is 0 Å². The molecule has 1 unspecified atom stereocenters. The number of carbonyl (C=O) groups is 2. The fraction of sp³-hybridized carbons (Fsp3) is 0.125. The maximum atomic E-state index is 12.0. The summed E-state index contributed by atoms with van der Waals surface area (Å²) >= 11 is 0. The molecule has 3 amide bonds. The molecule has 0 spiro atoms. The van der Waals surface area contributed by atoms with Gasteiger partial charge in [-0.25, -0.2) is 10.2 Å². The molecule has 0 saturated carbocycles. The second kappa shape index (κ2) is 6.69. The molecule has 0 saturated heterocycles. The Hall–Kier alpha value is -3.22. The second-order valence-corrected chi connectivity index (χ2v) is 4.80. The van der Waals surface area contributed by atoms with E-state index >= 15 is 0 Å². The molecule has 0 fully saturated rings. The quantitative estimate of drug-likeness (QED) is 0.736. The fourth-order valence-corrected chi connectivity index (χ4v) is 2.03. The number of nitrogens with one attached hydrogen (secondary N) is 3. The van der Waals surface area contributed by atoms with Gasteiger partial charge >= 0.3 is 6.03 Å². The lowest BCUT2D eigenvalue weighted by molar-refractivity contribution is -0.131. The van der Waals surface area contributed by atoms with Crippen molar-refractivity contribution in [3.05, 3.63) is 54.6 Å². The van der Waals surface area contributed by atoms with Gasteiger partial charge in [0.2, 0.25) is 6.10 Å². The van der Waals surface area contributed by atoms with E-state index in [0.717, 1.165) is 0 Å². The standard InChI is InChI=1S/C16H15N3O4/c20-15(14-10-22-12-8-4-5-9-13(12)23-14)18-19-16(21)17-11-6-2-1-3-7-11/h1-9,14H,10H2,(H,18,20)(H2,17,19,21). The van der Waals surface area contributed by atoms with E-state index in [-0.39, 0.29) is 6.61 Å². The van der Waals surface area contributed by atoms with Crippen LogP contribution in [0.4, 0.5) is 10.5 Å². The highest BCUT2D eigenvalue weighted by Gasteiger charge is 2.27. The van der Waals surface area contributed by atoms with Crippen molar-refractivity contribution < 1.29 is 19.1 Å². The zero-order valence-corrected chi connectivity index (χ0v) is 12.1. The number of amides is 3. The van der Waals surface area contributed by atoms with E-state index in [9.17, 15) is 9.59 Å². The highest BCUT2D eigenvalue weighted by atomic mass is 16.6. The van der Waals surface area contributed by atoms with Gasteiger partial charge in [-0.15, -0.1) is 0 Å². The Balaban J connectivity index is 1.49. The first-order chi connectivity index (χ1) is 11.2. The Morgan fingerprint density at radius 2 is 1.61 bits per heavy atom. The summed E-state index contributed by atoms with van der Waals surface area (Å²) in [6, 6.07) is 15.4. The summed E-state index contributed by atoms with van der Waals surface area (Å²) in [5, 5.41) is 2.58. The van der Waals surface area contributed by atoms with Gasteiger partial charge in [-0.2, -0.15) is 0 Å². The van der Waals surface area contributed by atoms with Gasteiger partial charge < -0.3 is 14.8 Å². The van der Waals surface area contributed by atoms with Crippen molar-refractivity contribution in [1.82, 2.24) is 10.9 Å². The van der Waals surface area contributed by atoms with Crippen LogP contribution in [-0.2, 0) is 4.79 Å². The number of hydrogen-bond acceptors (Lipinski definition) is 4. The zero-order chi connectivity index (χ0) is 16.1. The minimum absolute atomic E-state index is 0.0742. The van der Waals surface area contributed by atoms with Crippen molar-refractivity contribution in [1.29, 1.82) is 0 Å². The number of rotatable bonds is 2. The summed E-state index contributed by atoms with van der Waals surface area (Å²) in [6.07, 6.45) is -0.832. The van der Waals surface area contributed by atoms with Crippen LogP contribution in [-0.4, -0.2) is 24.6 Å². The first-order valence-corrected chi connectivity index (χ1v) is 7.03. The number of carbonyl (C=O) groups excluding carboxylic acids is 2. The van der Waals surface area contributed by atoms with E-state index in [1.54, 1.807) is 42.5 Å². The molecule has 1 aliphatic rings. The normalized spacial score (nSPS) is 15.4. The maximum absolute atomic E-state index is 12.0. The van der Waals surface area contributed by atoms with E-state index in [1.807, 2.05) is 12.1 Å². The van der Waals surface area contributed by atoms with Gasteiger partial charge in [0, 0.05) is 5.69 Å². The molecule has 2 aromatic carbocycles. The molecule has 1 heterocycles. The minimum atomic E-state index is -0.832. The Morgan fingerprint density at radius 3 is 2.39 bits per heavy atom. The summed E-state index contributed by atoms with van der Waals surface area (Å²) in [6.45, 7) is 0.0742. The van der Waals surface area contributed by atoms with Crippen LogP contribution in [0.2, 0.25) is 0 Å². The zero-order valence-electron chi connectivity index (χ0n) is 12.1. The van der Waals surface area contributed by atoms with Crippen molar-refractivity contribution in [2.45, 2.75) is 6.10 Å². The molecule has 0 aromatic heterocycles. The monoisotopic (exact) mass is 313 g/mol. The topological polar surface area (TPSA) is 88.7 Å². The van der Waals surface area contributed by atoms with Crippen LogP contribution in [0, 0.1) is 0 Å². The third-order valence-corrected chi connectivity index (χ3v) is 3.13. The van der Waals surface area contributed by atoms with Crippen LogP contribution >= 0.6 is 0 Å². The van der Waals surface area contributed by atoms with Gasteiger partial charge in [0.05, 0.1) is 0 Å². The van der Waals surface area contributed by atoms with E-state index in [4.69, 9.17) is 9.47 Å². The first-order valence-electron chi connectivity index (χ1n) is 7.03. The third-order valence-electron chi connectivity index (χ3n) is 3.13. The summed E-state index contributed by atoms with van der Waals surface area (Å²) in [5.74, 6) is 0.585. The lowest BCUT2D eigenvalue weighted by Crippen LogP contribution is -2.51. The van der Waals surface area contributed by atoms with Crippen molar-refractivity contribution >= 4 is 17.6 Å². The van der Waals surface area contributed by atoms with Crippen LogP contribution < -0.4 is 25.6 Å². The largest absolute Gasteiger partial charge is 0.485 e. The lowest BCUT2D eigenvalue weighted by atomic mass is 10.2. The Morgan fingerprint density at radius 1 is 0.913 bits per heavy atom. The molecule has 7 heteroatoms. The third kappa shape index (κ3) is 3.70. The molecular weight excluding hydrogens is 298 g/mol. The van der Waals surface area contributed by atoms with Crippen molar-refractivity contribution in [2.24, 2.45) is 0 Å². The van der Waals surface area contributed by atoms with Gasteiger partial charge in [-0.3, -0.25) is 10.2 Å². The smallest absolute Gasteiger partial charge is 0.337 e. The van der Waals surface area contributed by atoms with Crippen molar-refractivity contribution in [3.8, 4) is 11.5 Å². The molecule has 0 bridgehead atoms. The summed E-state index contributed by atoms with van der Waals surface area (Å²) in [4.78, 5) is 23.7. The number of urea groups is 1. The van der Waals surface area contributed by atoms with Crippen molar-refractivity contribution in [2.75, 3.05) is 11.9 Å². The molecule has 0 radical (unpaired) electrons. The summed E-state index contributed by atoms with van der Waals surface area (Å²) < 4.78 is 11.0. The summed E-state index contributed by atoms with van der Waals surface area (Å²) in [7, 11) is 0. The van der Waals surface area contributed by atoms with Crippen LogP contribution in [0.15, 0.2) is 54.6 Å². The fourth-order valence-electron chi connectivity index (χ4n) is 2.03. The van der Waals surface area contributed by atoms with Crippen LogP contribution in [0.25, 0.3) is 0 Å².